The van der Waals surface area contributed by atoms with Gasteiger partial charge in [0, 0.05) is 26.3 Å². The zero-order valence-corrected chi connectivity index (χ0v) is 14.6. The molecule has 0 atom stereocenters. The molecule has 0 aromatic carbocycles. The molecule has 2 rings (SSSR count). The number of carbonyl (C=O) groups excluding carboxylic acids is 1. The van der Waals surface area contributed by atoms with Crippen molar-refractivity contribution >= 4 is 24.1 Å². The Morgan fingerprint density at radius 2 is 2.05 bits per heavy atom. The fraction of sp³-hybridized carbons (Fsp3) is 0.733. The first-order valence-electron chi connectivity index (χ1n) is 7.41. The Hall–Kier alpha value is -1.11. The summed E-state index contributed by atoms with van der Waals surface area (Å²) in [7, 11) is 1.83. The highest BCUT2D eigenvalue weighted by atomic mass is 35.5. The van der Waals surface area contributed by atoms with Gasteiger partial charge in [0.05, 0.1) is 5.69 Å². The van der Waals surface area contributed by atoms with Crippen LogP contribution in [0, 0.1) is 5.41 Å². The lowest BCUT2D eigenvalue weighted by molar-refractivity contribution is -0.124. The fourth-order valence-electron chi connectivity index (χ4n) is 2.48. The summed E-state index contributed by atoms with van der Waals surface area (Å²) in [6.07, 6.45) is 1.95. The summed E-state index contributed by atoms with van der Waals surface area (Å²) in [5, 5.41) is 7.36. The van der Waals surface area contributed by atoms with Crippen LogP contribution in [-0.2, 0) is 23.0 Å². The second-order valence-corrected chi connectivity index (χ2v) is 7.10. The van der Waals surface area contributed by atoms with Crippen LogP contribution in [0.4, 0.5) is 5.82 Å². The lowest BCUT2D eigenvalue weighted by Gasteiger charge is -2.31. The van der Waals surface area contributed by atoms with Gasteiger partial charge >= 0.3 is 0 Å². The minimum atomic E-state index is -0.841. The molecule has 6 nitrogen and oxygen atoms in total. The van der Waals surface area contributed by atoms with E-state index in [-0.39, 0.29) is 23.7 Å². The third-order valence-electron chi connectivity index (χ3n) is 3.72. The first-order valence-corrected chi connectivity index (χ1v) is 7.41. The Balaban J connectivity index is 0.00000242. The van der Waals surface area contributed by atoms with Gasteiger partial charge in [-0.3, -0.25) is 9.48 Å². The molecule has 22 heavy (non-hydrogen) atoms. The van der Waals surface area contributed by atoms with E-state index < -0.39 is 5.54 Å². The molecule has 3 N–H and O–H groups in total. The molecular formula is C15H27ClN4O2. The summed E-state index contributed by atoms with van der Waals surface area (Å²) >= 11 is 0. The third-order valence-corrected chi connectivity index (χ3v) is 3.72. The monoisotopic (exact) mass is 330 g/mol. The van der Waals surface area contributed by atoms with Crippen molar-refractivity contribution in [2.75, 3.05) is 18.5 Å². The van der Waals surface area contributed by atoms with Gasteiger partial charge in [-0.05, 0) is 24.7 Å². The number of aromatic nitrogens is 2. The summed E-state index contributed by atoms with van der Waals surface area (Å²) in [6.45, 7) is 7.56. The van der Waals surface area contributed by atoms with Gasteiger partial charge in [-0.25, -0.2) is 0 Å². The van der Waals surface area contributed by atoms with Gasteiger partial charge in [0.15, 0.2) is 0 Å². The predicted molar refractivity (Wildman–Crippen MR) is 89.2 cm³/mol. The number of aryl methyl sites for hydroxylation is 1. The van der Waals surface area contributed by atoms with Crippen LogP contribution in [0.2, 0.25) is 0 Å². The van der Waals surface area contributed by atoms with Gasteiger partial charge in [0.2, 0.25) is 5.91 Å². The summed E-state index contributed by atoms with van der Waals surface area (Å²) in [5.74, 6) is 0.534. The molecule has 1 aliphatic rings. The first kappa shape index (κ1) is 18.9. The minimum absolute atomic E-state index is 0. The van der Waals surface area contributed by atoms with E-state index in [1.165, 1.54) is 0 Å². The molecule has 1 aliphatic heterocycles. The highest BCUT2D eigenvalue weighted by Gasteiger charge is 2.36. The average Bonchev–Trinajstić information content (AvgIpc) is 2.68. The normalized spacial score (nSPS) is 17.7. The number of nitrogens with two attached hydrogens (primary N) is 1. The number of anilines is 1. The van der Waals surface area contributed by atoms with Crippen molar-refractivity contribution in [1.29, 1.82) is 0 Å². The average molecular weight is 331 g/mol. The van der Waals surface area contributed by atoms with Crippen LogP contribution in [-0.4, -0.2) is 34.4 Å². The van der Waals surface area contributed by atoms with Crippen molar-refractivity contribution < 1.29 is 9.53 Å². The summed E-state index contributed by atoms with van der Waals surface area (Å²) in [5.41, 5.74) is 6.48. The number of carbonyl (C=O) groups is 1. The number of hydrogen-bond acceptors (Lipinski definition) is 4. The summed E-state index contributed by atoms with van der Waals surface area (Å²) in [4.78, 5) is 12.4. The molecule has 1 aromatic rings. The van der Waals surface area contributed by atoms with Crippen LogP contribution in [0.1, 0.15) is 39.3 Å². The van der Waals surface area contributed by atoms with Crippen molar-refractivity contribution in [3.05, 3.63) is 11.8 Å². The van der Waals surface area contributed by atoms with Gasteiger partial charge in [-0.15, -0.1) is 12.4 Å². The van der Waals surface area contributed by atoms with Gasteiger partial charge < -0.3 is 15.8 Å². The molecule has 1 saturated heterocycles. The van der Waals surface area contributed by atoms with E-state index in [2.05, 4.69) is 31.2 Å². The molecule has 0 unspecified atom stereocenters. The molecule has 0 radical (unpaired) electrons. The van der Waals surface area contributed by atoms with Crippen molar-refractivity contribution in [1.82, 2.24) is 9.78 Å². The van der Waals surface area contributed by atoms with Gasteiger partial charge in [0.25, 0.3) is 0 Å². The fourth-order valence-corrected chi connectivity index (χ4v) is 2.48. The van der Waals surface area contributed by atoms with Crippen molar-refractivity contribution in [2.24, 2.45) is 18.2 Å². The number of halogens is 1. The smallest absolute Gasteiger partial charge is 0.245 e. The van der Waals surface area contributed by atoms with Crippen LogP contribution in [0.15, 0.2) is 6.07 Å². The van der Waals surface area contributed by atoms with Gasteiger partial charge in [0.1, 0.15) is 11.4 Å². The maximum atomic E-state index is 12.4. The van der Waals surface area contributed by atoms with Gasteiger partial charge in [-0.1, -0.05) is 20.8 Å². The molecule has 7 heteroatoms. The third kappa shape index (κ3) is 4.69. The van der Waals surface area contributed by atoms with E-state index in [0.717, 1.165) is 12.1 Å². The molecule has 0 aliphatic carbocycles. The molecule has 0 saturated carbocycles. The van der Waals surface area contributed by atoms with E-state index in [9.17, 15) is 4.79 Å². The molecule has 1 aromatic heterocycles. The molecule has 0 spiro atoms. The zero-order chi connectivity index (χ0) is 15.7. The zero-order valence-electron chi connectivity index (χ0n) is 13.8. The number of ether oxygens (including phenoxy) is 1. The number of nitrogens with zero attached hydrogens (tertiary/aromatic N) is 2. The summed E-state index contributed by atoms with van der Waals surface area (Å²) in [6, 6.07) is 1.92. The Kier molecular flexibility index (Phi) is 6.01. The van der Waals surface area contributed by atoms with E-state index in [1.807, 2.05) is 13.1 Å². The minimum Gasteiger partial charge on any atom is -0.381 e. The quantitative estimate of drug-likeness (QED) is 0.886. The van der Waals surface area contributed by atoms with E-state index >= 15 is 0 Å². The Bertz CT molecular complexity index is 516. The van der Waals surface area contributed by atoms with Crippen LogP contribution < -0.4 is 11.1 Å². The number of nitrogens with one attached hydrogen (secondary N) is 1. The first-order chi connectivity index (χ1) is 9.70. The SMILES string of the molecule is Cl.Cn1nc(CC(C)(C)C)cc1NC(=O)C1(N)CCOCC1. The largest absolute Gasteiger partial charge is 0.381 e. The van der Waals surface area contributed by atoms with E-state index in [4.69, 9.17) is 10.5 Å². The summed E-state index contributed by atoms with van der Waals surface area (Å²) < 4.78 is 6.97. The van der Waals surface area contributed by atoms with Crippen LogP contribution in [0.5, 0.6) is 0 Å². The molecule has 2 heterocycles. The maximum Gasteiger partial charge on any atom is 0.245 e. The molecular weight excluding hydrogens is 304 g/mol. The highest BCUT2D eigenvalue weighted by molar-refractivity contribution is 5.97. The maximum absolute atomic E-state index is 12.4. The molecule has 1 fully saturated rings. The second-order valence-electron chi connectivity index (χ2n) is 7.10. The second kappa shape index (κ2) is 6.98. The molecule has 126 valence electrons. The van der Waals surface area contributed by atoms with Crippen LogP contribution in [0.3, 0.4) is 0 Å². The van der Waals surface area contributed by atoms with Crippen molar-refractivity contribution in [2.45, 2.75) is 45.6 Å². The van der Waals surface area contributed by atoms with Crippen LogP contribution >= 0.6 is 12.4 Å². The highest BCUT2D eigenvalue weighted by Crippen LogP contribution is 2.23. The Morgan fingerprint density at radius 1 is 1.45 bits per heavy atom. The predicted octanol–water partition coefficient (Wildman–Crippen LogP) is 1.88. The Morgan fingerprint density at radius 3 is 2.59 bits per heavy atom. The standard InChI is InChI=1S/C15H26N4O2.ClH/c1-14(2,3)10-11-9-12(19(4)18-11)17-13(20)15(16)5-7-21-8-6-15;/h9H,5-8,10,16H2,1-4H3,(H,17,20);1H. The lowest BCUT2D eigenvalue weighted by Crippen LogP contribution is -2.54. The molecule has 0 bridgehead atoms. The van der Waals surface area contributed by atoms with Crippen molar-refractivity contribution in [3.8, 4) is 0 Å². The topological polar surface area (TPSA) is 82.2 Å². The number of hydrogen-bond donors (Lipinski definition) is 2. The van der Waals surface area contributed by atoms with E-state index in [1.54, 1.807) is 4.68 Å². The van der Waals surface area contributed by atoms with Gasteiger partial charge in [-0.2, -0.15) is 5.10 Å². The van der Waals surface area contributed by atoms with Crippen LogP contribution in [0.25, 0.3) is 0 Å². The molecule has 1 amide bonds. The number of amides is 1. The number of rotatable bonds is 3. The Labute approximate surface area is 138 Å². The lowest BCUT2D eigenvalue weighted by atomic mass is 9.90. The van der Waals surface area contributed by atoms with E-state index in [0.29, 0.717) is 31.9 Å². The van der Waals surface area contributed by atoms with Crippen molar-refractivity contribution in [3.63, 3.8) is 0 Å².